The van der Waals surface area contributed by atoms with Gasteiger partial charge in [-0.15, -0.1) is 0 Å². The number of fused-ring (bicyclic) bond motifs is 1. The first-order valence-corrected chi connectivity index (χ1v) is 6.97. The van der Waals surface area contributed by atoms with Gasteiger partial charge in [-0.2, -0.15) is 0 Å². The molecule has 3 heteroatoms. The summed E-state index contributed by atoms with van der Waals surface area (Å²) >= 11 is 1.67. The first-order valence-electron chi connectivity index (χ1n) is 6.16. The van der Waals surface area contributed by atoms with E-state index in [2.05, 4.69) is 37.0 Å². The van der Waals surface area contributed by atoms with Gasteiger partial charge in [0.05, 0.1) is 0 Å². The van der Waals surface area contributed by atoms with Gasteiger partial charge in [0.15, 0.2) is 0 Å². The monoisotopic (exact) mass is 271 g/mol. The fourth-order valence-corrected chi connectivity index (χ4v) is 3.16. The standard InChI is InChI=1S/C16H14FNS/c1-10-3-8-15-14(9-10)16(11(2)18-15)19-13-6-4-12(17)5-7-13/h3-9,18H,1-2H3. The van der Waals surface area contributed by atoms with Crippen molar-refractivity contribution in [1.82, 2.24) is 4.98 Å². The highest BCUT2D eigenvalue weighted by Gasteiger charge is 2.10. The van der Waals surface area contributed by atoms with Gasteiger partial charge in [0.2, 0.25) is 0 Å². The molecule has 0 atom stereocenters. The predicted octanol–water partition coefficient (Wildman–Crippen LogP) is 5.08. The molecule has 1 heterocycles. The third-order valence-corrected chi connectivity index (χ3v) is 4.35. The number of benzene rings is 2. The molecule has 0 spiro atoms. The summed E-state index contributed by atoms with van der Waals surface area (Å²) < 4.78 is 12.9. The fourth-order valence-electron chi connectivity index (χ4n) is 2.17. The Hall–Kier alpha value is -1.74. The van der Waals surface area contributed by atoms with E-state index in [9.17, 15) is 4.39 Å². The van der Waals surface area contributed by atoms with E-state index in [0.29, 0.717) is 0 Å². The number of hydrogen-bond donors (Lipinski definition) is 1. The molecular weight excluding hydrogens is 257 g/mol. The molecule has 0 aliphatic rings. The number of aromatic nitrogens is 1. The lowest BCUT2D eigenvalue weighted by Gasteiger charge is -2.02. The van der Waals surface area contributed by atoms with Crippen LogP contribution in [0, 0.1) is 19.7 Å². The molecule has 96 valence electrons. The maximum Gasteiger partial charge on any atom is 0.123 e. The molecule has 0 saturated carbocycles. The highest BCUT2D eigenvalue weighted by molar-refractivity contribution is 7.99. The molecule has 1 nitrogen and oxygen atoms in total. The Morgan fingerprint density at radius 1 is 1.00 bits per heavy atom. The quantitative estimate of drug-likeness (QED) is 0.687. The minimum atomic E-state index is -0.198. The van der Waals surface area contributed by atoms with E-state index in [4.69, 9.17) is 0 Å². The van der Waals surface area contributed by atoms with Gasteiger partial charge in [-0.25, -0.2) is 4.39 Å². The minimum absolute atomic E-state index is 0.198. The van der Waals surface area contributed by atoms with Gasteiger partial charge in [-0.1, -0.05) is 23.4 Å². The number of aryl methyl sites for hydroxylation is 2. The summed E-state index contributed by atoms with van der Waals surface area (Å²) in [5.41, 5.74) is 3.54. The van der Waals surface area contributed by atoms with Crippen molar-refractivity contribution in [3.05, 3.63) is 59.5 Å². The predicted molar refractivity (Wildman–Crippen MR) is 78.3 cm³/mol. The van der Waals surface area contributed by atoms with Crippen molar-refractivity contribution in [2.45, 2.75) is 23.6 Å². The lowest BCUT2D eigenvalue weighted by Crippen LogP contribution is -1.78. The Labute approximate surface area is 115 Å². The lowest BCUT2D eigenvalue weighted by molar-refractivity contribution is 0.626. The Kier molecular flexibility index (Phi) is 3.07. The van der Waals surface area contributed by atoms with Gasteiger partial charge >= 0.3 is 0 Å². The highest BCUT2D eigenvalue weighted by Crippen LogP contribution is 2.36. The summed E-state index contributed by atoms with van der Waals surface area (Å²) in [5, 5.41) is 1.23. The molecule has 1 N–H and O–H groups in total. The molecule has 0 aliphatic carbocycles. The van der Waals surface area contributed by atoms with Crippen LogP contribution in [0.15, 0.2) is 52.3 Å². The Balaban J connectivity index is 2.06. The minimum Gasteiger partial charge on any atom is -0.358 e. The van der Waals surface area contributed by atoms with Crippen molar-refractivity contribution < 1.29 is 4.39 Å². The van der Waals surface area contributed by atoms with E-state index >= 15 is 0 Å². The molecule has 0 radical (unpaired) electrons. The third kappa shape index (κ3) is 2.38. The van der Waals surface area contributed by atoms with Crippen molar-refractivity contribution in [1.29, 1.82) is 0 Å². The normalized spacial score (nSPS) is 11.1. The van der Waals surface area contributed by atoms with E-state index in [0.717, 1.165) is 16.1 Å². The van der Waals surface area contributed by atoms with Crippen molar-refractivity contribution in [2.75, 3.05) is 0 Å². The second-order valence-corrected chi connectivity index (χ2v) is 5.77. The average molecular weight is 271 g/mol. The molecule has 2 aromatic carbocycles. The van der Waals surface area contributed by atoms with Crippen molar-refractivity contribution >= 4 is 22.7 Å². The summed E-state index contributed by atoms with van der Waals surface area (Å²) in [7, 11) is 0. The number of nitrogens with one attached hydrogen (secondary N) is 1. The molecular formula is C16H14FNS. The zero-order valence-electron chi connectivity index (χ0n) is 10.8. The highest BCUT2D eigenvalue weighted by atomic mass is 32.2. The Morgan fingerprint density at radius 2 is 1.74 bits per heavy atom. The molecule has 1 aromatic heterocycles. The second kappa shape index (κ2) is 4.74. The first-order chi connectivity index (χ1) is 9.13. The van der Waals surface area contributed by atoms with Crippen LogP contribution >= 0.6 is 11.8 Å². The summed E-state index contributed by atoms with van der Waals surface area (Å²) in [6.45, 7) is 4.16. The van der Waals surface area contributed by atoms with E-state index in [1.54, 1.807) is 11.8 Å². The maximum atomic E-state index is 12.9. The zero-order valence-corrected chi connectivity index (χ0v) is 11.6. The van der Waals surface area contributed by atoms with E-state index < -0.39 is 0 Å². The number of H-pyrrole nitrogens is 1. The number of rotatable bonds is 2. The topological polar surface area (TPSA) is 15.8 Å². The zero-order chi connectivity index (χ0) is 13.4. The molecule has 0 amide bonds. The van der Waals surface area contributed by atoms with Crippen molar-refractivity contribution in [3.8, 4) is 0 Å². The van der Waals surface area contributed by atoms with Gasteiger partial charge in [0.1, 0.15) is 5.82 Å². The number of hydrogen-bond acceptors (Lipinski definition) is 1. The first kappa shape index (κ1) is 12.3. The van der Waals surface area contributed by atoms with Gasteiger partial charge in [0, 0.05) is 26.4 Å². The second-order valence-electron chi connectivity index (χ2n) is 4.68. The van der Waals surface area contributed by atoms with Crippen LogP contribution in [0.25, 0.3) is 10.9 Å². The van der Waals surface area contributed by atoms with E-state index in [-0.39, 0.29) is 5.82 Å². The summed E-state index contributed by atoms with van der Waals surface area (Å²) in [6, 6.07) is 13.0. The molecule has 3 rings (SSSR count). The molecule has 0 saturated heterocycles. The van der Waals surface area contributed by atoms with E-state index in [1.165, 1.54) is 28.0 Å². The smallest absolute Gasteiger partial charge is 0.123 e. The van der Waals surface area contributed by atoms with Crippen LogP contribution in [0.2, 0.25) is 0 Å². The van der Waals surface area contributed by atoms with Gasteiger partial charge in [0.25, 0.3) is 0 Å². The van der Waals surface area contributed by atoms with Gasteiger partial charge in [-0.05, 0) is 50.2 Å². The van der Waals surface area contributed by atoms with E-state index in [1.807, 2.05) is 12.1 Å². The van der Waals surface area contributed by atoms with Crippen LogP contribution in [-0.2, 0) is 0 Å². The maximum absolute atomic E-state index is 12.9. The summed E-state index contributed by atoms with van der Waals surface area (Å²) in [5.74, 6) is -0.198. The summed E-state index contributed by atoms with van der Waals surface area (Å²) in [6.07, 6.45) is 0. The van der Waals surface area contributed by atoms with Gasteiger partial charge < -0.3 is 4.98 Å². The Morgan fingerprint density at radius 3 is 2.47 bits per heavy atom. The van der Waals surface area contributed by atoms with Crippen LogP contribution in [0.5, 0.6) is 0 Å². The largest absolute Gasteiger partial charge is 0.358 e. The van der Waals surface area contributed by atoms with Crippen LogP contribution < -0.4 is 0 Å². The van der Waals surface area contributed by atoms with Crippen LogP contribution in [0.3, 0.4) is 0 Å². The SMILES string of the molecule is Cc1ccc2[nH]c(C)c(Sc3ccc(F)cc3)c2c1. The Bertz CT molecular complexity index is 728. The number of halogens is 1. The molecule has 0 aliphatic heterocycles. The van der Waals surface area contributed by atoms with Crippen LogP contribution in [0.1, 0.15) is 11.3 Å². The molecule has 0 bridgehead atoms. The fraction of sp³-hybridized carbons (Fsp3) is 0.125. The number of aromatic amines is 1. The van der Waals surface area contributed by atoms with Crippen molar-refractivity contribution in [3.63, 3.8) is 0 Å². The van der Waals surface area contributed by atoms with Gasteiger partial charge in [-0.3, -0.25) is 0 Å². The molecule has 0 fully saturated rings. The third-order valence-electron chi connectivity index (χ3n) is 3.12. The molecule has 3 aromatic rings. The summed E-state index contributed by atoms with van der Waals surface area (Å²) in [4.78, 5) is 5.65. The molecule has 0 unspecified atom stereocenters. The molecule has 19 heavy (non-hydrogen) atoms. The van der Waals surface area contributed by atoms with Crippen molar-refractivity contribution in [2.24, 2.45) is 0 Å². The lowest BCUT2D eigenvalue weighted by atomic mass is 10.2. The average Bonchev–Trinajstić information content (AvgIpc) is 2.69. The van der Waals surface area contributed by atoms with Crippen LogP contribution in [0.4, 0.5) is 4.39 Å². The van der Waals surface area contributed by atoms with Crippen LogP contribution in [-0.4, -0.2) is 4.98 Å².